The summed E-state index contributed by atoms with van der Waals surface area (Å²) in [6, 6.07) is 5.82. The Morgan fingerprint density at radius 2 is 2.17 bits per heavy atom. The minimum atomic E-state index is -0.0289. The lowest BCUT2D eigenvalue weighted by molar-refractivity contribution is -0.115. The number of hydrogen-bond acceptors (Lipinski definition) is 4. The molecule has 1 saturated heterocycles. The number of nitrogens with one attached hydrogen (secondary N) is 1. The maximum Gasteiger partial charge on any atom is 0.230 e. The number of likely N-dealkylation sites (tertiary alicyclic amines) is 1. The summed E-state index contributed by atoms with van der Waals surface area (Å²) >= 11 is 5.13. The van der Waals surface area contributed by atoms with Crippen LogP contribution < -0.4 is 5.32 Å². The van der Waals surface area contributed by atoms with Gasteiger partial charge in [0, 0.05) is 15.5 Å². The standard InChI is InChI=1S/C17H20BrN3OS/c1-12-4-5-13(8-15(12)18)19-16(22)9-14-11-23-17(20-14)10-21-6-2-3-7-21/h4-5,8,11H,2-3,6-7,9-10H2,1H3,(H,19,22). The van der Waals surface area contributed by atoms with Crippen molar-refractivity contribution in [3.8, 4) is 0 Å². The van der Waals surface area contributed by atoms with Crippen molar-refractivity contribution in [3.63, 3.8) is 0 Å². The predicted molar refractivity (Wildman–Crippen MR) is 97.8 cm³/mol. The fraction of sp³-hybridized carbons (Fsp3) is 0.412. The number of hydrogen-bond donors (Lipinski definition) is 1. The second-order valence-electron chi connectivity index (χ2n) is 5.90. The SMILES string of the molecule is Cc1ccc(NC(=O)Cc2csc(CN3CCCC3)n2)cc1Br. The number of amides is 1. The van der Waals surface area contributed by atoms with Gasteiger partial charge in [-0.3, -0.25) is 9.69 Å². The highest BCUT2D eigenvalue weighted by Crippen LogP contribution is 2.21. The summed E-state index contributed by atoms with van der Waals surface area (Å²) in [4.78, 5) is 19.2. The Bertz CT molecular complexity index is 695. The molecular formula is C17H20BrN3OS. The quantitative estimate of drug-likeness (QED) is 0.834. The molecule has 1 aliphatic rings. The number of rotatable bonds is 5. The van der Waals surface area contributed by atoms with Crippen LogP contribution >= 0.6 is 27.3 Å². The number of nitrogens with zero attached hydrogens (tertiary/aromatic N) is 2. The monoisotopic (exact) mass is 393 g/mol. The Balaban J connectivity index is 1.55. The van der Waals surface area contributed by atoms with Gasteiger partial charge in [-0.2, -0.15) is 0 Å². The van der Waals surface area contributed by atoms with E-state index in [0.29, 0.717) is 6.42 Å². The van der Waals surface area contributed by atoms with E-state index in [-0.39, 0.29) is 5.91 Å². The average molecular weight is 394 g/mol. The van der Waals surface area contributed by atoms with Crippen LogP contribution in [0.2, 0.25) is 0 Å². The lowest BCUT2D eigenvalue weighted by Crippen LogP contribution is -2.18. The highest BCUT2D eigenvalue weighted by Gasteiger charge is 2.14. The molecule has 0 saturated carbocycles. The molecule has 122 valence electrons. The van der Waals surface area contributed by atoms with E-state index in [4.69, 9.17) is 0 Å². The summed E-state index contributed by atoms with van der Waals surface area (Å²) < 4.78 is 0.997. The number of anilines is 1. The van der Waals surface area contributed by atoms with Crippen molar-refractivity contribution in [2.45, 2.75) is 32.7 Å². The van der Waals surface area contributed by atoms with Gasteiger partial charge in [0.1, 0.15) is 5.01 Å². The highest BCUT2D eigenvalue weighted by molar-refractivity contribution is 9.10. The number of halogens is 1. The number of aryl methyl sites for hydroxylation is 1. The van der Waals surface area contributed by atoms with Crippen LogP contribution in [-0.4, -0.2) is 28.9 Å². The first-order valence-electron chi connectivity index (χ1n) is 7.82. The van der Waals surface area contributed by atoms with Crippen molar-refractivity contribution >= 4 is 38.9 Å². The Kier molecular flexibility index (Phi) is 5.46. The molecular weight excluding hydrogens is 374 g/mol. The van der Waals surface area contributed by atoms with Crippen molar-refractivity contribution < 1.29 is 4.79 Å². The van der Waals surface area contributed by atoms with Gasteiger partial charge in [0.2, 0.25) is 5.91 Å². The summed E-state index contributed by atoms with van der Waals surface area (Å²) in [5, 5.41) is 6.03. The number of carbonyl (C=O) groups is 1. The van der Waals surface area contributed by atoms with E-state index in [2.05, 4.69) is 31.1 Å². The molecule has 6 heteroatoms. The molecule has 2 aromatic rings. The lowest BCUT2D eigenvalue weighted by Gasteiger charge is -2.11. The van der Waals surface area contributed by atoms with Crippen LogP contribution in [0, 0.1) is 6.92 Å². The molecule has 23 heavy (non-hydrogen) atoms. The summed E-state index contributed by atoms with van der Waals surface area (Å²) in [5.41, 5.74) is 2.81. The van der Waals surface area contributed by atoms with E-state index in [1.165, 1.54) is 12.8 Å². The molecule has 0 radical (unpaired) electrons. The van der Waals surface area contributed by atoms with E-state index >= 15 is 0 Å². The largest absolute Gasteiger partial charge is 0.326 e. The maximum absolute atomic E-state index is 12.2. The van der Waals surface area contributed by atoms with E-state index in [1.807, 2.05) is 30.5 Å². The molecule has 0 spiro atoms. The molecule has 1 N–H and O–H groups in total. The van der Waals surface area contributed by atoms with Crippen LogP contribution in [0.25, 0.3) is 0 Å². The predicted octanol–water partition coefficient (Wildman–Crippen LogP) is 3.99. The fourth-order valence-corrected chi connectivity index (χ4v) is 3.89. The zero-order chi connectivity index (χ0) is 16.2. The van der Waals surface area contributed by atoms with Crippen LogP contribution in [0.4, 0.5) is 5.69 Å². The molecule has 1 aromatic heterocycles. The first-order valence-corrected chi connectivity index (χ1v) is 9.49. The summed E-state index contributed by atoms with van der Waals surface area (Å²) in [6.07, 6.45) is 2.89. The normalized spacial score (nSPS) is 15.0. The van der Waals surface area contributed by atoms with E-state index in [9.17, 15) is 4.79 Å². The molecule has 3 rings (SSSR count). The van der Waals surface area contributed by atoms with E-state index < -0.39 is 0 Å². The number of aromatic nitrogens is 1. The van der Waals surface area contributed by atoms with Crippen molar-refractivity contribution in [3.05, 3.63) is 44.3 Å². The van der Waals surface area contributed by atoms with Crippen molar-refractivity contribution in [2.75, 3.05) is 18.4 Å². The smallest absolute Gasteiger partial charge is 0.230 e. The summed E-state index contributed by atoms with van der Waals surface area (Å²) in [7, 11) is 0. The Hall–Kier alpha value is -1.24. The van der Waals surface area contributed by atoms with E-state index in [1.54, 1.807) is 11.3 Å². The second kappa shape index (κ2) is 7.55. The van der Waals surface area contributed by atoms with Gasteiger partial charge in [0.15, 0.2) is 0 Å². The summed E-state index contributed by atoms with van der Waals surface area (Å²) in [5.74, 6) is -0.0289. The van der Waals surface area contributed by atoms with E-state index in [0.717, 1.165) is 46.1 Å². The molecule has 1 aromatic carbocycles. The molecule has 0 atom stereocenters. The van der Waals surface area contributed by atoms with Crippen LogP contribution in [0.15, 0.2) is 28.1 Å². The van der Waals surface area contributed by atoms with Crippen LogP contribution in [0.3, 0.4) is 0 Å². The zero-order valence-corrected chi connectivity index (χ0v) is 15.5. The molecule has 0 aliphatic carbocycles. The third-order valence-corrected chi connectivity index (χ3v) is 5.69. The van der Waals surface area contributed by atoms with Gasteiger partial charge in [-0.15, -0.1) is 11.3 Å². The minimum absolute atomic E-state index is 0.0289. The van der Waals surface area contributed by atoms with Gasteiger partial charge < -0.3 is 5.32 Å². The Labute approximate surface area is 149 Å². The van der Waals surface area contributed by atoms with Gasteiger partial charge in [0.25, 0.3) is 0 Å². The number of thiazole rings is 1. The van der Waals surface area contributed by atoms with Gasteiger partial charge >= 0.3 is 0 Å². The molecule has 0 unspecified atom stereocenters. The first-order chi connectivity index (χ1) is 11.1. The number of carbonyl (C=O) groups excluding carboxylic acids is 1. The number of benzene rings is 1. The lowest BCUT2D eigenvalue weighted by atomic mass is 10.2. The Morgan fingerprint density at radius 1 is 1.39 bits per heavy atom. The van der Waals surface area contributed by atoms with Gasteiger partial charge in [-0.25, -0.2) is 4.98 Å². The van der Waals surface area contributed by atoms with Crippen LogP contribution in [0.5, 0.6) is 0 Å². The molecule has 0 bridgehead atoms. The first kappa shape index (κ1) is 16.6. The Morgan fingerprint density at radius 3 is 2.91 bits per heavy atom. The topological polar surface area (TPSA) is 45.2 Å². The third kappa shape index (κ3) is 4.62. The minimum Gasteiger partial charge on any atom is -0.326 e. The second-order valence-corrected chi connectivity index (χ2v) is 7.70. The fourth-order valence-electron chi connectivity index (χ4n) is 2.68. The van der Waals surface area contributed by atoms with Crippen molar-refractivity contribution in [1.82, 2.24) is 9.88 Å². The maximum atomic E-state index is 12.2. The molecule has 1 aliphatic heterocycles. The average Bonchev–Trinajstić information content (AvgIpc) is 3.16. The summed E-state index contributed by atoms with van der Waals surface area (Å²) in [6.45, 7) is 5.26. The van der Waals surface area contributed by atoms with Gasteiger partial charge in [-0.05, 0) is 50.6 Å². The molecule has 4 nitrogen and oxygen atoms in total. The molecule has 1 amide bonds. The zero-order valence-electron chi connectivity index (χ0n) is 13.1. The molecule has 1 fully saturated rings. The van der Waals surface area contributed by atoms with Crippen LogP contribution in [0.1, 0.15) is 29.1 Å². The highest BCUT2D eigenvalue weighted by atomic mass is 79.9. The van der Waals surface area contributed by atoms with Gasteiger partial charge in [0.05, 0.1) is 18.7 Å². The van der Waals surface area contributed by atoms with Crippen LogP contribution in [-0.2, 0) is 17.8 Å². The van der Waals surface area contributed by atoms with Crippen molar-refractivity contribution in [2.24, 2.45) is 0 Å². The van der Waals surface area contributed by atoms with Crippen molar-refractivity contribution in [1.29, 1.82) is 0 Å². The molecule has 2 heterocycles. The third-order valence-electron chi connectivity index (χ3n) is 3.95. The van der Waals surface area contributed by atoms with Gasteiger partial charge in [-0.1, -0.05) is 22.0 Å².